The molecule has 29 heavy (non-hydrogen) atoms. The van der Waals surface area contributed by atoms with Gasteiger partial charge >= 0.3 is 0 Å². The van der Waals surface area contributed by atoms with Crippen LogP contribution in [0.15, 0.2) is 36.4 Å². The molecule has 6 nitrogen and oxygen atoms in total. The number of fused-ring (bicyclic) bond motifs is 1. The zero-order chi connectivity index (χ0) is 20.4. The highest BCUT2D eigenvalue weighted by Crippen LogP contribution is 2.31. The molecule has 0 bridgehead atoms. The number of anilines is 1. The largest absolute Gasteiger partial charge is 0.497 e. The molecule has 1 aliphatic rings. The van der Waals surface area contributed by atoms with Gasteiger partial charge in [-0.1, -0.05) is 22.9 Å². The minimum atomic E-state index is -0.0255. The SMILES string of the molecule is COc1ccc(C(=O)N2CCCN(c3nc4ccc(Cl)cc4s3)CC2)c(OC)c1. The van der Waals surface area contributed by atoms with E-state index in [0.29, 0.717) is 35.2 Å². The standard InChI is InChI=1S/C21H22ClN3O3S/c1-27-15-5-6-16(18(13-15)28-2)20(26)24-8-3-9-25(11-10-24)21-23-17-7-4-14(22)12-19(17)29-21/h4-7,12-13H,3,8-11H2,1-2H3. The van der Waals surface area contributed by atoms with Crippen LogP contribution >= 0.6 is 22.9 Å². The highest BCUT2D eigenvalue weighted by molar-refractivity contribution is 7.22. The molecular weight excluding hydrogens is 410 g/mol. The van der Waals surface area contributed by atoms with Crippen molar-refractivity contribution in [3.63, 3.8) is 0 Å². The Bertz CT molecular complexity index is 1040. The third kappa shape index (κ3) is 4.11. The predicted molar refractivity (Wildman–Crippen MR) is 117 cm³/mol. The maximum absolute atomic E-state index is 13.1. The molecule has 152 valence electrons. The summed E-state index contributed by atoms with van der Waals surface area (Å²) in [6, 6.07) is 11.0. The molecule has 4 rings (SSSR count). The monoisotopic (exact) mass is 431 g/mol. The summed E-state index contributed by atoms with van der Waals surface area (Å²) >= 11 is 7.74. The molecule has 0 atom stereocenters. The molecule has 0 radical (unpaired) electrons. The van der Waals surface area contributed by atoms with Gasteiger partial charge in [0, 0.05) is 37.3 Å². The Kier molecular flexibility index (Phi) is 5.78. The number of ether oxygens (including phenoxy) is 2. The van der Waals surface area contributed by atoms with Gasteiger partial charge in [0.05, 0.1) is 30.0 Å². The number of rotatable bonds is 4. The summed E-state index contributed by atoms with van der Waals surface area (Å²) in [7, 11) is 3.16. The van der Waals surface area contributed by atoms with Gasteiger partial charge in [-0.15, -0.1) is 0 Å². The molecule has 1 fully saturated rings. The van der Waals surface area contributed by atoms with Crippen LogP contribution in [0.2, 0.25) is 5.02 Å². The van der Waals surface area contributed by atoms with Gasteiger partial charge in [0.25, 0.3) is 5.91 Å². The lowest BCUT2D eigenvalue weighted by atomic mass is 10.1. The van der Waals surface area contributed by atoms with Crippen LogP contribution in [0.1, 0.15) is 16.8 Å². The summed E-state index contributed by atoms with van der Waals surface area (Å²) in [5.41, 5.74) is 1.51. The minimum absolute atomic E-state index is 0.0255. The van der Waals surface area contributed by atoms with Crippen LogP contribution in [0.5, 0.6) is 11.5 Å². The maximum Gasteiger partial charge on any atom is 0.257 e. The lowest BCUT2D eigenvalue weighted by Crippen LogP contribution is -2.35. The summed E-state index contributed by atoms with van der Waals surface area (Å²) in [5, 5.41) is 1.69. The highest BCUT2D eigenvalue weighted by Gasteiger charge is 2.24. The second-order valence-electron chi connectivity index (χ2n) is 6.81. The number of hydrogen-bond donors (Lipinski definition) is 0. The molecule has 1 amide bonds. The van der Waals surface area contributed by atoms with E-state index >= 15 is 0 Å². The Labute approximate surface area is 178 Å². The van der Waals surface area contributed by atoms with Crippen LogP contribution in [-0.4, -0.2) is 56.2 Å². The number of methoxy groups -OCH3 is 2. The number of aromatic nitrogens is 1. The van der Waals surface area contributed by atoms with Gasteiger partial charge < -0.3 is 19.3 Å². The van der Waals surface area contributed by atoms with E-state index in [9.17, 15) is 4.79 Å². The lowest BCUT2D eigenvalue weighted by molar-refractivity contribution is 0.0763. The molecule has 0 N–H and O–H groups in total. The van der Waals surface area contributed by atoms with Crippen molar-refractivity contribution in [3.05, 3.63) is 47.0 Å². The van der Waals surface area contributed by atoms with Crippen LogP contribution in [0.3, 0.4) is 0 Å². The topological polar surface area (TPSA) is 54.9 Å². The Morgan fingerprint density at radius 1 is 1.07 bits per heavy atom. The first-order valence-corrected chi connectivity index (χ1v) is 10.6. The smallest absolute Gasteiger partial charge is 0.257 e. The Balaban J connectivity index is 1.50. The molecule has 2 aromatic carbocycles. The van der Waals surface area contributed by atoms with Crippen molar-refractivity contribution >= 4 is 44.2 Å². The van der Waals surface area contributed by atoms with E-state index in [1.54, 1.807) is 43.8 Å². The van der Waals surface area contributed by atoms with Crippen molar-refractivity contribution in [2.45, 2.75) is 6.42 Å². The Morgan fingerprint density at radius 3 is 2.72 bits per heavy atom. The van der Waals surface area contributed by atoms with Gasteiger partial charge in [0.2, 0.25) is 0 Å². The molecular formula is C21H22ClN3O3S. The number of nitrogens with zero attached hydrogens (tertiary/aromatic N) is 3. The zero-order valence-electron chi connectivity index (χ0n) is 16.4. The number of benzene rings is 2. The van der Waals surface area contributed by atoms with E-state index in [1.165, 1.54) is 0 Å². The molecule has 0 aliphatic carbocycles. The summed E-state index contributed by atoms with van der Waals surface area (Å²) in [6.45, 7) is 2.92. The summed E-state index contributed by atoms with van der Waals surface area (Å²) < 4.78 is 11.7. The first-order chi connectivity index (χ1) is 14.1. The lowest BCUT2D eigenvalue weighted by Gasteiger charge is -2.22. The number of thiazole rings is 1. The van der Waals surface area contributed by atoms with E-state index in [2.05, 4.69) is 4.90 Å². The van der Waals surface area contributed by atoms with Gasteiger partial charge in [-0.25, -0.2) is 4.98 Å². The van der Waals surface area contributed by atoms with Crippen LogP contribution in [0.4, 0.5) is 5.13 Å². The summed E-state index contributed by atoms with van der Waals surface area (Å²) in [5.74, 6) is 1.16. The third-order valence-electron chi connectivity index (χ3n) is 5.03. The van der Waals surface area contributed by atoms with Gasteiger partial charge in [-0.05, 0) is 36.8 Å². The normalized spacial score (nSPS) is 14.7. The van der Waals surface area contributed by atoms with E-state index in [0.717, 1.165) is 34.9 Å². The van der Waals surface area contributed by atoms with Crippen LogP contribution in [-0.2, 0) is 0 Å². The Hall–Kier alpha value is -2.51. The van der Waals surface area contributed by atoms with E-state index in [-0.39, 0.29) is 5.91 Å². The van der Waals surface area contributed by atoms with Crippen molar-refractivity contribution in [2.75, 3.05) is 45.3 Å². The number of carbonyl (C=O) groups is 1. The first-order valence-electron chi connectivity index (χ1n) is 9.41. The number of halogens is 1. The second-order valence-corrected chi connectivity index (χ2v) is 8.25. The molecule has 2 heterocycles. The fourth-order valence-corrected chi connectivity index (χ4v) is 4.77. The second kappa shape index (κ2) is 8.47. The van der Waals surface area contributed by atoms with Gasteiger partial charge in [0.1, 0.15) is 11.5 Å². The van der Waals surface area contributed by atoms with E-state index in [1.807, 2.05) is 23.1 Å². The molecule has 0 unspecified atom stereocenters. The zero-order valence-corrected chi connectivity index (χ0v) is 17.9. The molecule has 1 aliphatic heterocycles. The average Bonchev–Trinajstić information content (AvgIpc) is 3.00. The van der Waals surface area contributed by atoms with Crippen LogP contribution < -0.4 is 14.4 Å². The Morgan fingerprint density at radius 2 is 1.93 bits per heavy atom. The fraction of sp³-hybridized carbons (Fsp3) is 0.333. The molecule has 0 saturated carbocycles. The average molecular weight is 432 g/mol. The fourth-order valence-electron chi connectivity index (χ4n) is 3.48. The summed E-state index contributed by atoms with van der Waals surface area (Å²) in [4.78, 5) is 22.0. The predicted octanol–water partition coefficient (Wildman–Crippen LogP) is 4.32. The van der Waals surface area contributed by atoms with Crippen molar-refractivity contribution in [1.82, 2.24) is 9.88 Å². The van der Waals surface area contributed by atoms with E-state index in [4.69, 9.17) is 26.1 Å². The molecule has 3 aromatic rings. The quantitative estimate of drug-likeness (QED) is 0.615. The molecule has 1 saturated heterocycles. The highest BCUT2D eigenvalue weighted by atomic mass is 35.5. The van der Waals surface area contributed by atoms with Crippen molar-refractivity contribution in [1.29, 1.82) is 0 Å². The summed E-state index contributed by atoms with van der Waals surface area (Å²) in [6.07, 6.45) is 0.876. The maximum atomic E-state index is 13.1. The van der Waals surface area contributed by atoms with Gasteiger partial charge in [-0.2, -0.15) is 0 Å². The number of hydrogen-bond acceptors (Lipinski definition) is 6. The van der Waals surface area contributed by atoms with Crippen molar-refractivity contribution in [3.8, 4) is 11.5 Å². The van der Waals surface area contributed by atoms with Crippen molar-refractivity contribution < 1.29 is 14.3 Å². The molecule has 1 aromatic heterocycles. The molecule has 8 heteroatoms. The number of carbonyl (C=O) groups excluding carboxylic acids is 1. The van der Waals surface area contributed by atoms with Gasteiger partial charge in [0.15, 0.2) is 5.13 Å². The van der Waals surface area contributed by atoms with Crippen LogP contribution in [0, 0.1) is 0 Å². The number of amides is 1. The van der Waals surface area contributed by atoms with E-state index < -0.39 is 0 Å². The van der Waals surface area contributed by atoms with Gasteiger partial charge in [-0.3, -0.25) is 4.79 Å². The minimum Gasteiger partial charge on any atom is -0.497 e. The third-order valence-corrected chi connectivity index (χ3v) is 6.35. The molecule has 0 spiro atoms. The van der Waals surface area contributed by atoms with Crippen molar-refractivity contribution in [2.24, 2.45) is 0 Å². The van der Waals surface area contributed by atoms with Crippen LogP contribution in [0.25, 0.3) is 10.2 Å². The first kappa shape index (κ1) is 19.8.